The molecule has 0 fully saturated rings. The maximum atomic E-state index is 13.7. The third-order valence-corrected chi connectivity index (χ3v) is 12.2. The molecule has 0 saturated carbocycles. The molecule has 40 heavy (non-hydrogen) atoms. The summed E-state index contributed by atoms with van der Waals surface area (Å²) in [6.07, 6.45) is -0.0392. The highest BCUT2D eigenvalue weighted by Crippen LogP contribution is 2.37. The van der Waals surface area contributed by atoms with Crippen LogP contribution in [0.2, 0.25) is 28.4 Å². The number of hydrogen-bond donors (Lipinski definition) is 0. The molecule has 13 heteroatoms. The molecule has 0 aliphatic rings. The molecule has 0 N–H and O–H groups in total. The van der Waals surface area contributed by atoms with Gasteiger partial charge in [0.25, 0.3) is 5.91 Å². The van der Waals surface area contributed by atoms with E-state index >= 15 is 0 Å². The lowest BCUT2D eigenvalue weighted by Gasteiger charge is -2.36. The molecular weight excluding hydrogens is 582 g/mol. The van der Waals surface area contributed by atoms with Crippen LogP contribution in [0.3, 0.4) is 0 Å². The molecule has 0 aliphatic carbocycles. The van der Waals surface area contributed by atoms with Gasteiger partial charge in [-0.25, -0.2) is 15.0 Å². The first-order chi connectivity index (χ1) is 18.6. The summed E-state index contributed by atoms with van der Waals surface area (Å²) in [5, 5.41) is 0.483. The van der Waals surface area contributed by atoms with E-state index in [0.29, 0.717) is 22.4 Å². The average molecular weight is 611 g/mol. The third-order valence-electron chi connectivity index (χ3n) is 7.09. The number of hydrogen-bond acceptors (Lipinski definition) is 5. The lowest BCUT2D eigenvalue weighted by Crippen LogP contribution is -2.43. The van der Waals surface area contributed by atoms with Crippen molar-refractivity contribution in [2.75, 3.05) is 18.1 Å². The van der Waals surface area contributed by atoms with Gasteiger partial charge < -0.3 is 13.9 Å². The number of pyridine rings is 1. The lowest BCUT2D eigenvalue weighted by atomic mass is 10.2. The van der Waals surface area contributed by atoms with Crippen LogP contribution in [0, 0.1) is 0 Å². The fourth-order valence-electron chi connectivity index (χ4n) is 3.79. The summed E-state index contributed by atoms with van der Waals surface area (Å²) in [5.41, 5.74) is 0.698. The standard InChI is InChI=1S/C27H28Cl2F3N5O2Si/c1-26(2,3)40(4,5)39-13-12-37(25(38)21-22(28)34-16-35-23(21)29)20-14-17-10-11-36(24(17)33-15-20)19-8-6-18(7-9-19)27(30,31)32/h6-11,14-16H,12-13H2,1-5H3. The summed E-state index contributed by atoms with van der Waals surface area (Å²) in [6, 6.07) is 8.33. The Hall–Kier alpha value is -2.99. The number of benzene rings is 1. The molecule has 0 atom stereocenters. The first-order valence-corrected chi connectivity index (χ1v) is 16.0. The van der Waals surface area contributed by atoms with E-state index in [0.717, 1.165) is 12.1 Å². The summed E-state index contributed by atoms with van der Waals surface area (Å²) in [5.74, 6) is -0.516. The molecule has 1 aromatic carbocycles. The highest BCUT2D eigenvalue weighted by molar-refractivity contribution is 6.74. The number of carbonyl (C=O) groups is 1. The number of halogens is 5. The maximum absolute atomic E-state index is 13.7. The molecule has 1 amide bonds. The van der Waals surface area contributed by atoms with Crippen LogP contribution in [0.1, 0.15) is 36.7 Å². The Morgan fingerprint density at radius 3 is 2.23 bits per heavy atom. The van der Waals surface area contributed by atoms with Crippen LogP contribution in [-0.4, -0.2) is 46.9 Å². The molecular formula is C27H28Cl2F3N5O2Si. The fourth-order valence-corrected chi connectivity index (χ4v) is 5.30. The minimum absolute atomic E-state index is 0.0244. The molecule has 212 valence electrons. The van der Waals surface area contributed by atoms with Crippen molar-refractivity contribution in [3.8, 4) is 5.69 Å². The molecule has 4 rings (SSSR count). The zero-order valence-electron chi connectivity index (χ0n) is 22.6. The quantitative estimate of drug-likeness (QED) is 0.158. The van der Waals surface area contributed by atoms with Crippen LogP contribution < -0.4 is 4.90 Å². The molecule has 0 saturated heterocycles. The van der Waals surface area contributed by atoms with Gasteiger partial charge in [0.15, 0.2) is 8.32 Å². The maximum Gasteiger partial charge on any atom is 0.416 e. The van der Waals surface area contributed by atoms with Crippen molar-refractivity contribution in [1.82, 2.24) is 19.5 Å². The van der Waals surface area contributed by atoms with Gasteiger partial charge in [-0.3, -0.25) is 4.79 Å². The first-order valence-electron chi connectivity index (χ1n) is 12.4. The van der Waals surface area contributed by atoms with Gasteiger partial charge in [0.1, 0.15) is 27.8 Å². The van der Waals surface area contributed by atoms with Crippen molar-refractivity contribution in [1.29, 1.82) is 0 Å². The largest absolute Gasteiger partial charge is 0.416 e. The van der Waals surface area contributed by atoms with E-state index in [2.05, 4.69) is 48.8 Å². The van der Waals surface area contributed by atoms with E-state index in [1.165, 1.54) is 29.6 Å². The Morgan fingerprint density at radius 2 is 1.65 bits per heavy atom. The zero-order chi connectivity index (χ0) is 29.5. The Morgan fingerprint density at radius 1 is 1.02 bits per heavy atom. The van der Waals surface area contributed by atoms with Gasteiger partial charge in [0, 0.05) is 23.8 Å². The average Bonchev–Trinajstić information content (AvgIpc) is 3.28. The molecule has 0 aliphatic heterocycles. The summed E-state index contributed by atoms with van der Waals surface area (Å²) in [7, 11) is -2.11. The normalized spacial score (nSPS) is 12.7. The monoisotopic (exact) mass is 609 g/mol. The van der Waals surface area contributed by atoms with E-state index in [4.69, 9.17) is 27.6 Å². The summed E-state index contributed by atoms with van der Waals surface area (Å²) >= 11 is 12.5. The van der Waals surface area contributed by atoms with Crippen LogP contribution in [0.5, 0.6) is 0 Å². The Kier molecular flexibility index (Phi) is 8.33. The molecule has 0 spiro atoms. The van der Waals surface area contributed by atoms with E-state index < -0.39 is 26.0 Å². The van der Waals surface area contributed by atoms with Crippen LogP contribution >= 0.6 is 23.2 Å². The van der Waals surface area contributed by atoms with E-state index in [-0.39, 0.29) is 34.1 Å². The Bertz CT molecular complexity index is 1520. The molecule has 7 nitrogen and oxygen atoms in total. The molecule has 0 unspecified atom stereocenters. The minimum Gasteiger partial charge on any atom is -0.415 e. The Labute approximate surface area is 241 Å². The SMILES string of the molecule is CC(C)(C)[Si](C)(C)OCCN(C(=O)c1c(Cl)ncnc1Cl)c1cnc2c(ccn2-c2ccc(C(F)(F)F)cc2)c1. The lowest BCUT2D eigenvalue weighted by molar-refractivity contribution is -0.137. The number of aromatic nitrogens is 4. The van der Waals surface area contributed by atoms with E-state index in [9.17, 15) is 18.0 Å². The number of carbonyl (C=O) groups excluding carboxylic acids is 1. The number of fused-ring (bicyclic) bond motifs is 1. The van der Waals surface area contributed by atoms with Gasteiger partial charge in [-0.1, -0.05) is 44.0 Å². The second kappa shape index (κ2) is 11.1. The van der Waals surface area contributed by atoms with Crippen molar-refractivity contribution in [3.05, 3.63) is 76.6 Å². The smallest absolute Gasteiger partial charge is 0.415 e. The van der Waals surface area contributed by atoms with E-state index in [1.807, 2.05) is 0 Å². The summed E-state index contributed by atoms with van der Waals surface area (Å²) in [6.45, 7) is 11.1. The van der Waals surface area contributed by atoms with Crippen LogP contribution in [0.4, 0.5) is 18.9 Å². The van der Waals surface area contributed by atoms with Gasteiger partial charge in [-0.05, 0) is 54.5 Å². The first kappa shape index (κ1) is 30.0. The third kappa shape index (κ3) is 6.17. The van der Waals surface area contributed by atoms with Crippen molar-refractivity contribution in [2.24, 2.45) is 0 Å². The summed E-state index contributed by atoms with van der Waals surface area (Å²) < 4.78 is 47.0. The van der Waals surface area contributed by atoms with Crippen LogP contribution in [-0.2, 0) is 10.6 Å². The molecule has 3 aromatic heterocycles. The highest BCUT2D eigenvalue weighted by Gasteiger charge is 2.37. The summed E-state index contributed by atoms with van der Waals surface area (Å²) in [4.78, 5) is 27.5. The molecule has 4 aromatic rings. The zero-order valence-corrected chi connectivity index (χ0v) is 25.1. The second-order valence-electron chi connectivity index (χ2n) is 10.7. The minimum atomic E-state index is -4.43. The van der Waals surface area contributed by atoms with Crippen molar-refractivity contribution < 1.29 is 22.4 Å². The fraction of sp³-hybridized carbons (Fsp3) is 0.333. The van der Waals surface area contributed by atoms with Gasteiger partial charge in [0.2, 0.25) is 0 Å². The number of anilines is 1. The number of amides is 1. The topological polar surface area (TPSA) is 73.1 Å². The highest BCUT2D eigenvalue weighted by atomic mass is 35.5. The number of alkyl halides is 3. The molecule has 0 radical (unpaired) electrons. The van der Waals surface area contributed by atoms with Gasteiger partial charge >= 0.3 is 6.18 Å². The molecule has 0 bridgehead atoms. The van der Waals surface area contributed by atoms with Crippen LogP contribution in [0.15, 0.2) is 55.1 Å². The van der Waals surface area contributed by atoms with Crippen molar-refractivity contribution in [3.63, 3.8) is 0 Å². The predicted octanol–water partition coefficient (Wildman–Crippen LogP) is 7.81. The Balaban J connectivity index is 1.69. The van der Waals surface area contributed by atoms with Crippen molar-refractivity contribution >= 4 is 54.1 Å². The van der Waals surface area contributed by atoms with Crippen molar-refractivity contribution in [2.45, 2.75) is 45.1 Å². The van der Waals surface area contributed by atoms with Gasteiger partial charge in [0.05, 0.1) is 24.1 Å². The van der Waals surface area contributed by atoms with Crippen LogP contribution in [0.25, 0.3) is 16.7 Å². The van der Waals surface area contributed by atoms with Gasteiger partial charge in [-0.15, -0.1) is 0 Å². The molecule has 3 heterocycles. The number of rotatable bonds is 7. The number of nitrogens with zero attached hydrogens (tertiary/aromatic N) is 5. The van der Waals surface area contributed by atoms with E-state index in [1.54, 1.807) is 22.9 Å². The second-order valence-corrected chi connectivity index (χ2v) is 16.3. The predicted molar refractivity (Wildman–Crippen MR) is 153 cm³/mol. The van der Waals surface area contributed by atoms with Gasteiger partial charge in [-0.2, -0.15) is 13.2 Å².